The van der Waals surface area contributed by atoms with Gasteiger partial charge in [0.05, 0.1) is 5.56 Å². The number of amides is 2. The number of aliphatic carboxylic acids is 1. The highest BCUT2D eigenvalue weighted by Crippen LogP contribution is 2.42. The Bertz CT molecular complexity index is 998. The highest BCUT2D eigenvalue weighted by atomic mass is 19.4. The summed E-state index contributed by atoms with van der Waals surface area (Å²) >= 11 is 0. The van der Waals surface area contributed by atoms with Crippen molar-refractivity contribution in [3.05, 3.63) is 60.2 Å². The van der Waals surface area contributed by atoms with E-state index in [1.165, 1.54) is 12.1 Å². The Morgan fingerprint density at radius 2 is 1.75 bits per heavy atom. The summed E-state index contributed by atoms with van der Waals surface area (Å²) in [5.41, 5.74) is 1.06. The lowest BCUT2D eigenvalue weighted by molar-refractivity contribution is -0.192. The van der Waals surface area contributed by atoms with Gasteiger partial charge in [-0.05, 0) is 42.8 Å². The van der Waals surface area contributed by atoms with Crippen molar-refractivity contribution in [1.82, 2.24) is 9.88 Å². The summed E-state index contributed by atoms with van der Waals surface area (Å²) in [6.07, 6.45) is -0.667. The van der Waals surface area contributed by atoms with Crippen LogP contribution in [0, 0.1) is 11.2 Å². The maximum Gasteiger partial charge on any atom is 0.490 e. The Labute approximate surface area is 180 Å². The molecule has 2 aliphatic rings. The molecule has 0 radical (unpaired) electrons. The van der Waals surface area contributed by atoms with E-state index in [1.807, 2.05) is 0 Å². The van der Waals surface area contributed by atoms with Crippen LogP contribution in [0.4, 0.5) is 23.2 Å². The van der Waals surface area contributed by atoms with E-state index in [0.717, 1.165) is 6.42 Å². The third kappa shape index (κ3) is 5.21. The number of rotatable bonds is 2. The highest BCUT2D eigenvalue weighted by Gasteiger charge is 2.48. The summed E-state index contributed by atoms with van der Waals surface area (Å²) in [7, 11) is 0. The molecule has 1 spiro atoms. The SMILES string of the molecule is O=C(O)C(F)(F)F.O=C(c1cccnc1)N1CCC2(CC(=O)N(c3ccc(F)cc3)C2)C1. The summed E-state index contributed by atoms with van der Waals surface area (Å²) in [6.45, 7) is 1.76. The number of pyridine rings is 1. The third-order valence-corrected chi connectivity index (χ3v) is 5.34. The Balaban J connectivity index is 0.000000360. The molecule has 2 aliphatic heterocycles. The summed E-state index contributed by atoms with van der Waals surface area (Å²) in [6, 6.07) is 9.47. The van der Waals surface area contributed by atoms with Crippen LogP contribution in [-0.2, 0) is 9.59 Å². The number of benzene rings is 1. The number of aromatic nitrogens is 1. The second-order valence-corrected chi connectivity index (χ2v) is 7.65. The Morgan fingerprint density at radius 1 is 1.09 bits per heavy atom. The topological polar surface area (TPSA) is 90.8 Å². The van der Waals surface area contributed by atoms with Gasteiger partial charge in [0.25, 0.3) is 5.91 Å². The van der Waals surface area contributed by atoms with Crippen LogP contribution in [0.15, 0.2) is 48.8 Å². The molecule has 1 atom stereocenters. The van der Waals surface area contributed by atoms with Crippen LogP contribution in [0.5, 0.6) is 0 Å². The maximum atomic E-state index is 13.1. The number of likely N-dealkylation sites (tertiary alicyclic amines) is 1. The van der Waals surface area contributed by atoms with Crippen molar-refractivity contribution in [1.29, 1.82) is 0 Å². The molecule has 32 heavy (non-hydrogen) atoms. The third-order valence-electron chi connectivity index (χ3n) is 5.34. The summed E-state index contributed by atoms with van der Waals surface area (Å²) in [4.78, 5) is 41.5. The molecule has 11 heteroatoms. The zero-order valence-electron chi connectivity index (χ0n) is 16.7. The standard InChI is InChI=1S/C19H18FN3O2.C2HF3O2/c20-15-3-5-16(6-4-15)23-13-19(10-17(23)24)7-9-22(12-19)18(25)14-2-1-8-21-11-14;3-2(4,5)1(6)7/h1-6,8,11H,7,9-10,12-13H2;(H,6,7). The number of hydrogen-bond donors (Lipinski definition) is 1. The number of carbonyl (C=O) groups excluding carboxylic acids is 2. The largest absolute Gasteiger partial charge is 0.490 e. The smallest absolute Gasteiger partial charge is 0.475 e. The lowest BCUT2D eigenvalue weighted by atomic mass is 9.86. The summed E-state index contributed by atoms with van der Waals surface area (Å²) in [5, 5.41) is 7.12. The molecule has 2 saturated heterocycles. The zero-order chi connectivity index (χ0) is 23.5. The molecule has 0 saturated carbocycles. The molecule has 170 valence electrons. The Hall–Kier alpha value is -3.50. The first-order valence-corrected chi connectivity index (χ1v) is 9.56. The van der Waals surface area contributed by atoms with Gasteiger partial charge in [0.2, 0.25) is 5.91 Å². The average molecular weight is 453 g/mol. The van der Waals surface area contributed by atoms with E-state index in [2.05, 4.69) is 4.98 Å². The fraction of sp³-hybridized carbons (Fsp3) is 0.333. The molecule has 2 aromatic rings. The molecule has 7 nitrogen and oxygen atoms in total. The molecule has 2 amide bonds. The van der Waals surface area contributed by atoms with Gasteiger partial charge in [-0.3, -0.25) is 14.6 Å². The fourth-order valence-corrected chi connectivity index (χ4v) is 3.81. The van der Waals surface area contributed by atoms with E-state index in [9.17, 15) is 27.2 Å². The molecule has 0 aliphatic carbocycles. The number of alkyl halides is 3. The number of halogens is 4. The molecular formula is C21H19F4N3O4. The molecule has 1 unspecified atom stereocenters. The Morgan fingerprint density at radius 3 is 2.31 bits per heavy atom. The first-order chi connectivity index (χ1) is 15.0. The molecule has 3 heterocycles. The second-order valence-electron chi connectivity index (χ2n) is 7.65. The number of hydrogen-bond acceptors (Lipinski definition) is 4. The van der Waals surface area contributed by atoms with Crippen molar-refractivity contribution in [2.75, 3.05) is 24.5 Å². The quantitative estimate of drug-likeness (QED) is 0.706. The maximum absolute atomic E-state index is 13.1. The minimum absolute atomic E-state index is 0.0299. The lowest BCUT2D eigenvalue weighted by Crippen LogP contribution is -2.34. The first-order valence-electron chi connectivity index (χ1n) is 9.56. The highest BCUT2D eigenvalue weighted by molar-refractivity contribution is 5.97. The molecule has 1 N–H and O–H groups in total. The van der Waals surface area contributed by atoms with Crippen LogP contribution >= 0.6 is 0 Å². The Kier molecular flexibility index (Phi) is 6.47. The van der Waals surface area contributed by atoms with Crippen molar-refractivity contribution in [2.24, 2.45) is 5.41 Å². The minimum atomic E-state index is -5.08. The van der Waals surface area contributed by atoms with Gasteiger partial charge in [0, 0.05) is 49.6 Å². The molecule has 4 rings (SSSR count). The molecule has 1 aromatic carbocycles. The second kappa shape index (κ2) is 8.93. The van der Waals surface area contributed by atoms with E-state index >= 15 is 0 Å². The average Bonchev–Trinajstić information content (AvgIpc) is 3.31. The predicted molar refractivity (Wildman–Crippen MR) is 104 cm³/mol. The van der Waals surface area contributed by atoms with Gasteiger partial charge in [0.1, 0.15) is 5.82 Å². The van der Waals surface area contributed by atoms with E-state index < -0.39 is 12.1 Å². The van der Waals surface area contributed by atoms with Gasteiger partial charge in [-0.2, -0.15) is 13.2 Å². The van der Waals surface area contributed by atoms with Crippen molar-refractivity contribution < 1.29 is 37.1 Å². The van der Waals surface area contributed by atoms with Gasteiger partial charge in [-0.15, -0.1) is 0 Å². The fourth-order valence-electron chi connectivity index (χ4n) is 3.81. The number of nitrogens with zero attached hydrogens (tertiary/aromatic N) is 3. The predicted octanol–water partition coefficient (Wildman–Crippen LogP) is 3.12. The molecule has 1 aromatic heterocycles. The van der Waals surface area contributed by atoms with Crippen LogP contribution < -0.4 is 4.90 Å². The van der Waals surface area contributed by atoms with E-state index in [4.69, 9.17) is 9.90 Å². The first kappa shape index (κ1) is 23.2. The van der Waals surface area contributed by atoms with Crippen LogP contribution in [0.3, 0.4) is 0 Å². The van der Waals surface area contributed by atoms with Gasteiger partial charge in [-0.25, -0.2) is 9.18 Å². The van der Waals surface area contributed by atoms with Crippen LogP contribution in [-0.4, -0.2) is 58.6 Å². The van der Waals surface area contributed by atoms with Gasteiger partial charge in [-0.1, -0.05) is 0 Å². The number of carboxylic acids is 1. The van der Waals surface area contributed by atoms with Crippen LogP contribution in [0.25, 0.3) is 0 Å². The number of carbonyl (C=O) groups is 3. The summed E-state index contributed by atoms with van der Waals surface area (Å²) < 4.78 is 44.8. The minimum Gasteiger partial charge on any atom is -0.475 e. The van der Waals surface area contributed by atoms with Gasteiger partial charge in [0.15, 0.2) is 0 Å². The van der Waals surface area contributed by atoms with Crippen molar-refractivity contribution in [3.8, 4) is 0 Å². The van der Waals surface area contributed by atoms with Crippen molar-refractivity contribution in [2.45, 2.75) is 19.0 Å². The van der Waals surface area contributed by atoms with Gasteiger partial charge < -0.3 is 14.9 Å². The molecular weight excluding hydrogens is 434 g/mol. The summed E-state index contributed by atoms with van der Waals surface area (Å²) in [5.74, 6) is -3.09. The van der Waals surface area contributed by atoms with Crippen molar-refractivity contribution in [3.63, 3.8) is 0 Å². The lowest BCUT2D eigenvalue weighted by Gasteiger charge is -2.24. The molecule has 2 fully saturated rings. The van der Waals surface area contributed by atoms with Crippen LogP contribution in [0.1, 0.15) is 23.2 Å². The van der Waals surface area contributed by atoms with E-state index in [-0.39, 0.29) is 23.0 Å². The number of anilines is 1. The monoisotopic (exact) mass is 453 g/mol. The number of carboxylic acid groups (broad SMARTS) is 1. The van der Waals surface area contributed by atoms with Crippen LogP contribution in [0.2, 0.25) is 0 Å². The van der Waals surface area contributed by atoms with E-state index in [1.54, 1.807) is 46.5 Å². The van der Waals surface area contributed by atoms with Gasteiger partial charge >= 0.3 is 12.1 Å². The van der Waals surface area contributed by atoms with E-state index in [0.29, 0.717) is 37.3 Å². The van der Waals surface area contributed by atoms with Crippen molar-refractivity contribution >= 4 is 23.5 Å². The normalized spacial score (nSPS) is 20.3. The zero-order valence-corrected chi connectivity index (χ0v) is 16.7. The molecule has 0 bridgehead atoms.